The highest BCUT2D eigenvalue weighted by Gasteiger charge is 2.27. The van der Waals surface area contributed by atoms with Crippen molar-refractivity contribution in [2.45, 2.75) is 31.8 Å². The average molecular weight is 279 g/mol. The van der Waals surface area contributed by atoms with Crippen LogP contribution in [0.5, 0.6) is 0 Å². The SMILES string of the molecule is COC(=O)CCCS(=O)(=O)N1CCC(OC)CC1. The Labute approximate surface area is 108 Å². The van der Waals surface area contributed by atoms with Gasteiger partial charge in [0.1, 0.15) is 0 Å². The van der Waals surface area contributed by atoms with Gasteiger partial charge in [0.2, 0.25) is 10.0 Å². The number of nitrogens with zero attached hydrogens (tertiary/aromatic N) is 1. The monoisotopic (exact) mass is 279 g/mol. The topological polar surface area (TPSA) is 72.9 Å². The van der Waals surface area contributed by atoms with Gasteiger partial charge in [-0.25, -0.2) is 12.7 Å². The Morgan fingerprint density at radius 2 is 1.89 bits per heavy atom. The Kier molecular flexibility index (Phi) is 6.04. The quantitative estimate of drug-likeness (QED) is 0.657. The number of esters is 1. The summed E-state index contributed by atoms with van der Waals surface area (Å²) < 4.78 is 35.1. The smallest absolute Gasteiger partial charge is 0.305 e. The first kappa shape index (κ1) is 15.4. The normalized spacial score (nSPS) is 18.8. The molecule has 6 nitrogen and oxygen atoms in total. The molecule has 1 aliphatic rings. The Hall–Kier alpha value is -0.660. The molecule has 0 bridgehead atoms. The summed E-state index contributed by atoms with van der Waals surface area (Å²) in [6.45, 7) is 0.998. The van der Waals surface area contributed by atoms with Crippen LogP contribution in [0.4, 0.5) is 0 Å². The summed E-state index contributed by atoms with van der Waals surface area (Å²) in [5.74, 6) is -0.372. The van der Waals surface area contributed by atoms with E-state index in [2.05, 4.69) is 4.74 Å². The van der Waals surface area contributed by atoms with E-state index in [1.54, 1.807) is 7.11 Å². The number of ether oxygens (including phenoxy) is 2. The Balaban J connectivity index is 2.37. The van der Waals surface area contributed by atoms with Gasteiger partial charge in [0.15, 0.2) is 0 Å². The Morgan fingerprint density at radius 1 is 1.28 bits per heavy atom. The second-order valence-corrected chi connectivity index (χ2v) is 6.42. The van der Waals surface area contributed by atoms with Crippen LogP contribution in [-0.2, 0) is 24.3 Å². The van der Waals surface area contributed by atoms with Crippen LogP contribution in [0, 0.1) is 0 Å². The lowest BCUT2D eigenvalue weighted by molar-refractivity contribution is -0.140. The van der Waals surface area contributed by atoms with Crippen molar-refractivity contribution in [3.05, 3.63) is 0 Å². The van der Waals surface area contributed by atoms with E-state index in [9.17, 15) is 13.2 Å². The Morgan fingerprint density at radius 3 is 2.39 bits per heavy atom. The van der Waals surface area contributed by atoms with Gasteiger partial charge in [-0.05, 0) is 19.3 Å². The third kappa shape index (κ3) is 4.55. The molecule has 0 saturated carbocycles. The van der Waals surface area contributed by atoms with Crippen molar-refractivity contribution < 1.29 is 22.7 Å². The summed E-state index contributed by atoms with van der Waals surface area (Å²) in [5, 5.41) is 0. The summed E-state index contributed by atoms with van der Waals surface area (Å²) in [7, 11) is -0.307. The minimum absolute atomic E-state index is 0.000249. The molecule has 0 N–H and O–H groups in total. The molecule has 0 amide bonds. The van der Waals surface area contributed by atoms with Crippen molar-refractivity contribution >= 4 is 16.0 Å². The zero-order valence-corrected chi connectivity index (χ0v) is 11.7. The fourth-order valence-electron chi connectivity index (χ4n) is 1.98. The molecule has 0 spiro atoms. The number of sulfonamides is 1. The van der Waals surface area contributed by atoms with Crippen molar-refractivity contribution in [3.63, 3.8) is 0 Å². The molecule has 7 heteroatoms. The standard InChI is InChI=1S/C11H21NO5S/c1-16-10-5-7-12(8-6-10)18(14,15)9-3-4-11(13)17-2/h10H,3-9H2,1-2H3. The molecule has 0 aliphatic carbocycles. The molecule has 0 aromatic heterocycles. The second-order valence-electron chi connectivity index (χ2n) is 4.33. The average Bonchev–Trinajstić information content (AvgIpc) is 2.38. The van der Waals surface area contributed by atoms with Crippen molar-refractivity contribution in [1.29, 1.82) is 0 Å². The van der Waals surface area contributed by atoms with Crippen LogP contribution in [0.1, 0.15) is 25.7 Å². The van der Waals surface area contributed by atoms with Gasteiger partial charge in [0.25, 0.3) is 0 Å². The molecule has 106 valence electrons. The molecule has 18 heavy (non-hydrogen) atoms. The molecule has 0 aromatic carbocycles. The molecule has 0 atom stereocenters. The molecular formula is C11H21NO5S. The van der Waals surface area contributed by atoms with Crippen LogP contribution in [0.3, 0.4) is 0 Å². The first-order chi connectivity index (χ1) is 8.49. The number of hydrogen-bond acceptors (Lipinski definition) is 5. The number of piperidine rings is 1. The first-order valence-corrected chi connectivity index (χ1v) is 7.68. The number of rotatable bonds is 6. The molecule has 0 aromatic rings. The van der Waals surface area contributed by atoms with E-state index in [0.29, 0.717) is 19.5 Å². The fourth-order valence-corrected chi connectivity index (χ4v) is 3.51. The van der Waals surface area contributed by atoms with Crippen LogP contribution in [0.2, 0.25) is 0 Å². The van der Waals surface area contributed by atoms with E-state index in [0.717, 1.165) is 12.8 Å². The van der Waals surface area contributed by atoms with Gasteiger partial charge < -0.3 is 9.47 Å². The van der Waals surface area contributed by atoms with Crippen LogP contribution in [0.25, 0.3) is 0 Å². The van der Waals surface area contributed by atoms with Crippen LogP contribution in [-0.4, -0.2) is 57.9 Å². The van der Waals surface area contributed by atoms with E-state index in [1.165, 1.54) is 11.4 Å². The Bertz CT molecular complexity index is 360. The number of methoxy groups -OCH3 is 2. The minimum Gasteiger partial charge on any atom is -0.469 e. The summed E-state index contributed by atoms with van der Waals surface area (Å²) in [4.78, 5) is 10.9. The maximum Gasteiger partial charge on any atom is 0.305 e. The predicted molar refractivity (Wildman–Crippen MR) is 66.6 cm³/mol. The van der Waals surface area contributed by atoms with E-state index in [1.807, 2.05) is 0 Å². The summed E-state index contributed by atoms with van der Waals surface area (Å²) in [6, 6.07) is 0. The molecule has 1 fully saturated rings. The third-order valence-corrected chi connectivity index (χ3v) is 5.10. The van der Waals surface area contributed by atoms with Crippen LogP contribution in [0.15, 0.2) is 0 Å². The van der Waals surface area contributed by atoms with E-state index < -0.39 is 10.0 Å². The van der Waals surface area contributed by atoms with Crippen LogP contribution < -0.4 is 0 Å². The molecular weight excluding hydrogens is 258 g/mol. The zero-order chi connectivity index (χ0) is 13.6. The van der Waals surface area contributed by atoms with Gasteiger partial charge in [0, 0.05) is 26.6 Å². The van der Waals surface area contributed by atoms with E-state index in [4.69, 9.17) is 4.74 Å². The maximum atomic E-state index is 12.0. The van der Waals surface area contributed by atoms with Crippen LogP contribution >= 0.6 is 0 Å². The van der Waals surface area contributed by atoms with Gasteiger partial charge in [-0.1, -0.05) is 0 Å². The number of carbonyl (C=O) groups excluding carboxylic acids is 1. The van der Waals surface area contributed by atoms with E-state index >= 15 is 0 Å². The van der Waals surface area contributed by atoms with Crippen molar-refractivity contribution in [2.24, 2.45) is 0 Å². The van der Waals surface area contributed by atoms with Crippen molar-refractivity contribution in [2.75, 3.05) is 33.1 Å². The highest BCUT2D eigenvalue weighted by molar-refractivity contribution is 7.89. The van der Waals surface area contributed by atoms with E-state index in [-0.39, 0.29) is 24.2 Å². The summed E-state index contributed by atoms with van der Waals surface area (Å²) in [5.41, 5.74) is 0. The van der Waals surface area contributed by atoms with Gasteiger partial charge in [-0.15, -0.1) is 0 Å². The zero-order valence-electron chi connectivity index (χ0n) is 10.9. The molecule has 1 aliphatic heterocycles. The predicted octanol–water partition coefficient (Wildman–Crippen LogP) is 0.380. The lowest BCUT2D eigenvalue weighted by atomic mass is 10.1. The highest BCUT2D eigenvalue weighted by atomic mass is 32.2. The molecule has 0 unspecified atom stereocenters. The lowest BCUT2D eigenvalue weighted by Gasteiger charge is -2.30. The molecule has 0 radical (unpaired) electrons. The number of hydrogen-bond donors (Lipinski definition) is 0. The van der Waals surface area contributed by atoms with Crippen molar-refractivity contribution in [1.82, 2.24) is 4.31 Å². The first-order valence-electron chi connectivity index (χ1n) is 6.07. The molecule has 1 saturated heterocycles. The summed E-state index contributed by atoms with van der Waals surface area (Å²) in [6.07, 6.45) is 2.06. The molecule has 1 heterocycles. The lowest BCUT2D eigenvalue weighted by Crippen LogP contribution is -2.41. The fraction of sp³-hybridized carbons (Fsp3) is 0.909. The van der Waals surface area contributed by atoms with Gasteiger partial charge >= 0.3 is 5.97 Å². The third-order valence-electron chi connectivity index (χ3n) is 3.14. The minimum atomic E-state index is -3.25. The highest BCUT2D eigenvalue weighted by Crippen LogP contribution is 2.17. The largest absolute Gasteiger partial charge is 0.469 e. The summed E-state index contributed by atoms with van der Waals surface area (Å²) >= 11 is 0. The number of carbonyl (C=O) groups is 1. The van der Waals surface area contributed by atoms with Gasteiger partial charge in [-0.3, -0.25) is 4.79 Å². The maximum absolute atomic E-state index is 12.0. The van der Waals surface area contributed by atoms with Gasteiger partial charge in [0.05, 0.1) is 19.0 Å². The second kappa shape index (κ2) is 7.06. The van der Waals surface area contributed by atoms with Gasteiger partial charge in [-0.2, -0.15) is 0 Å². The molecule has 1 rings (SSSR count). The van der Waals surface area contributed by atoms with Crippen molar-refractivity contribution in [3.8, 4) is 0 Å².